The molecule has 164 valence electrons. The van der Waals surface area contributed by atoms with Gasteiger partial charge in [0.05, 0.1) is 17.0 Å². The number of H-pyrrole nitrogens is 1. The lowest BCUT2D eigenvalue weighted by Crippen LogP contribution is -2.28. The van der Waals surface area contributed by atoms with Crippen LogP contribution in [0.4, 0.5) is 5.69 Å². The van der Waals surface area contributed by atoms with Crippen molar-refractivity contribution >= 4 is 45.0 Å². The Morgan fingerprint density at radius 3 is 2.97 bits per heavy atom. The summed E-state index contributed by atoms with van der Waals surface area (Å²) in [5, 5.41) is 8.47. The molecule has 32 heavy (non-hydrogen) atoms. The van der Waals surface area contributed by atoms with Crippen LogP contribution in [0.25, 0.3) is 10.2 Å². The first-order valence-corrected chi connectivity index (χ1v) is 10.9. The van der Waals surface area contributed by atoms with Crippen LogP contribution < -0.4 is 26.2 Å². The maximum Gasteiger partial charge on any atom is 0.287 e. The Balaban J connectivity index is 1.37. The number of rotatable bonds is 4. The molecule has 0 saturated heterocycles. The minimum atomic E-state index is -0.529. The molecule has 2 aliphatic rings. The van der Waals surface area contributed by atoms with Gasteiger partial charge in [-0.05, 0) is 36.1 Å². The zero-order valence-electron chi connectivity index (χ0n) is 17.0. The summed E-state index contributed by atoms with van der Waals surface area (Å²) in [5.41, 5.74) is 1.58. The first-order chi connectivity index (χ1) is 15.4. The fourth-order valence-corrected chi connectivity index (χ4v) is 5.35. The maximum absolute atomic E-state index is 12.8. The van der Waals surface area contributed by atoms with Crippen molar-refractivity contribution in [2.75, 3.05) is 19.0 Å². The number of aromatic amines is 1. The molecule has 10 nitrogen and oxygen atoms in total. The lowest BCUT2D eigenvalue weighted by molar-refractivity contribution is -0.122. The van der Waals surface area contributed by atoms with Gasteiger partial charge in [-0.25, -0.2) is 4.98 Å². The quantitative estimate of drug-likeness (QED) is 0.465. The number of carbonyl (C=O) groups excluding carboxylic acids is 3. The van der Waals surface area contributed by atoms with Gasteiger partial charge in [-0.15, -0.1) is 11.3 Å². The number of thiophene rings is 1. The van der Waals surface area contributed by atoms with Gasteiger partial charge in [-0.3, -0.25) is 19.2 Å². The SMILES string of the molecule is CNC(=O)C1CCc2sc3nc(C(=O)NCc4ccc5c(c4)NC(=O)CO5)[nH]c(=O)c3c21. The molecule has 5 rings (SSSR count). The molecule has 0 fully saturated rings. The van der Waals surface area contributed by atoms with Crippen molar-refractivity contribution in [2.45, 2.75) is 25.3 Å². The Hall–Kier alpha value is -3.73. The molecule has 2 aromatic heterocycles. The predicted octanol–water partition coefficient (Wildman–Crippen LogP) is 1.02. The van der Waals surface area contributed by atoms with E-state index in [4.69, 9.17) is 4.74 Å². The van der Waals surface area contributed by atoms with Crippen molar-refractivity contribution in [3.05, 3.63) is 50.4 Å². The molecule has 3 amide bonds. The fourth-order valence-electron chi connectivity index (χ4n) is 4.10. The smallest absolute Gasteiger partial charge is 0.287 e. The number of nitrogens with one attached hydrogen (secondary N) is 4. The highest BCUT2D eigenvalue weighted by Gasteiger charge is 2.34. The summed E-state index contributed by atoms with van der Waals surface area (Å²) in [6, 6.07) is 5.21. The van der Waals surface area contributed by atoms with Gasteiger partial charge in [0.15, 0.2) is 6.61 Å². The lowest BCUT2D eigenvalue weighted by Gasteiger charge is -2.18. The fraction of sp³-hybridized carbons (Fsp3) is 0.286. The molecule has 1 unspecified atom stereocenters. The molecular formula is C21H19N5O5S. The van der Waals surface area contributed by atoms with Gasteiger partial charge < -0.3 is 25.7 Å². The zero-order chi connectivity index (χ0) is 22.4. The number of fused-ring (bicyclic) bond motifs is 4. The molecule has 0 saturated carbocycles. The summed E-state index contributed by atoms with van der Waals surface area (Å²) in [6.45, 7) is 0.143. The summed E-state index contributed by atoms with van der Waals surface area (Å²) in [7, 11) is 1.57. The van der Waals surface area contributed by atoms with E-state index in [0.29, 0.717) is 34.5 Å². The highest BCUT2D eigenvalue weighted by atomic mass is 32.1. The number of aryl methyl sites for hydroxylation is 1. The van der Waals surface area contributed by atoms with Gasteiger partial charge in [-0.1, -0.05) is 6.07 Å². The summed E-state index contributed by atoms with van der Waals surface area (Å²) < 4.78 is 5.32. The Bertz CT molecular complexity index is 1340. The third kappa shape index (κ3) is 3.40. The van der Waals surface area contributed by atoms with E-state index < -0.39 is 11.5 Å². The second kappa shape index (κ2) is 7.75. The van der Waals surface area contributed by atoms with Crippen molar-refractivity contribution in [1.82, 2.24) is 20.6 Å². The molecular weight excluding hydrogens is 434 g/mol. The van der Waals surface area contributed by atoms with Crippen LogP contribution in [0.5, 0.6) is 5.75 Å². The molecule has 0 bridgehead atoms. The van der Waals surface area contributed by atoms with Crippen molar-refractivity contribution in [3.63, 3.8) is 0 Å². The third-order valence-corrected chi connectivity index (χ3v) is 6.75. The average Bonchev–Trinajstić information content (AvgIpc) is 3.35. The van der Waals surface area contributed by atoms with Gasteiger partial charge in [0.25, 0.3) is 17.4 Å². The van der Waals surface area contributed by atoms with Gasteiger partial charge >= 0.3 is 0 Å². The number of likely N-dealkylation sites (N-methyl/N-ethyl adjacent to an activating group) is 1. The van der Waals surface area contributed by atoms with Crippen molar-refractivity contribution in [1.29, 1.82) is 0 Å². The van der Waals surface area contributed by atoms with E-state index in [1.807, 2.05) is 0 Å². The third-order valence-electron chi connectivity index (χ3n) is 5.59. The highest BCUT2D eigenvalue weighted by Crippen LogP contribution is 2.42. The summed E-state index contributed by atoms with van der Waals surface area (Å²) in [6.07, 6.45) is 1.36. The summed E-state index contributed by atoms with van der Waals surface area (Å²) >= 11 is 1.35. The molecule has 1 aromatic carbocycles. The minimum Gasteiger partial charge on any atom is -0.482 e. The van der Waals surface area contributed by atoms with E-state index in [-0.39, 0.29) is 36.7 Å². The molecule has 3 heterocycles. The molecule has 11 heteroatoms. The van der Waals surface area contributed by atoms with Gasteiger partial charge in [0, 0.05) is 18.5 Å². The Morgan fingerprint density at radius 1 is 1.31 bits per heavy atom. The number of hydrogen-bond donors (Lipinski definition) is 4. The van der Waals surface area contributed by atoms with E-state index in [1.165, 1.54) is 11.3 Å². The molecule has 3 aromatic rings. The van der Waals surface area contributed by atoms with Crippen LogP contribution >= 0.6 is 11.3 Å². The maximum atomic E-state index is 12.8. The highest BCUT2D eigenvalue weighted by molar-refractivity contribution is 7.18. The number of nitrogens with zero attached hydrogens (tertiary/aromatic N) is 1. The van der Waals surface area contributed by atoms with Crippen LogP contribution in [-0.4, -0.2) is 41.3 Å². The van der Waals surface area contributed by atoms with Gasteiger partial charge in [-0.2, -0.15) is 0 Å². The van der Waals surface area contributed by atoms with E-state index in [2.05, 4.69) is 25.9 Å². The van der Waals surface area contributed by atoms with Crippen LogP contribution in [-0.2, 0) is 22.6 Å². The molecule has 0 radical (unpaired) electrons. The van der Waals surface area contributed by atoms with E-state index in [9.17, 15) is 19.2 Å². The molecule has 4 N–H and O–H groups in total. The van der Waals surface area contributed by atoms with Crippen molar-refractivity contribution in [3.8, 4) is 5.75 Å². The standard InChI is InChI=1S/C21H19N5O5S/c1-22-18(28)10-3-5-13-15(10)16-19(29)25-17(26-21(16)32-13)20(30)23-7-9-2-4-12-11(6-9)24-14(27)8-31-12/h2,4,6,10H,3,5,7-8H2,1H3,(H,22,28)(H,23,30)(H,24,27)(H,25,26,29). The van der Waals surface area contributed by atoms with E-state index >= 15 is 0 Å². The monoisotopic (exact) mass is 453 g/mol. The predicted molar refractivity (Wildman–Crippen MR) is 117 cm³/mol. The average molecular weight is 453 g/mol. The number of carbonyl (C=O) groups is 3. The normalized spacial score (nSPS) is 16.7. The largest absolute Gasteiger partial charge is 0.482 e. The Labute approximate surface area is 185 Å². The number of aromatic nitrogens is 2. The second-order valence-corrected chi connectivity index (χ2v) is 8.67. The Kier molecular flexibility index (Phi) is 4.89. The minimum absolute atomic E-state index is 0.0272. The van der Waals surface area contributed by atoms with Gasteiger partial charge in [0.1, 0.15) is 10.6 Å². The van der Waals surface area contributed by atoms with Crippen LogP contribution in [0.2, 0.25) is 0 Å². The van der Waals surface area contributed by atoms with E-state index in [1.54, 1.807) is 25.2 Å². The molecule has 1 atom stereocenters. The van der Waals surface area contributed by atoms with Crippen LogP contribution in [0.3, 0.4) is 0 Å². The van der Waals surface area contributed by atoms with Crippen LogP contribution in [0.15, 0.2) is 23.0 Å². The van der Waals surface area contributed by atoms with Gasteiger partial charge in [0.2, 0.25) is 11.7 Å². The molecule has 0 spiro atoms. The topological polar surface area (TPSA) is 142 Å². The number of anilines is 1. The number of hydrogen-bond acceptors (Lipinski definition) is 7. The Morgan fingerprint density at radius 2 is 2.16 bits per heavy atom. The van der Waals surface area contributed by atoms with E-state index in [0.717, 1.165) is 16.0 Å². The number of amides is 3. The molecule has 1 aliphatic carbocycles. The van der Waals surface area contributed by atoms with Crippen LogP contribution in [0, 0.1) is 0 Å². The van der Waals surface area contributed by atoms with Crippen LogP contribution in [0.1, 0.15) is 39.0 Å². The summed E-state index contributed by atoms with van der Waals surface area (Å²) in [4.78, 5) is 57.4. The van der Waals surface area contributed by atoms with Crippen molar-refractivity contribution in [2.24, 2.45) is 0 Å². The van der Waals surface area contributed by atoms with Crippen molar-refractivity contribution < 1.29 is 19.1 Å². The number of benzene rings is 1. The first-order valence-electron chi connectivity index (χ1n) is 10.1. The molecule has 1 aliphatic heterocycles. The first kappa shape index (κ1) is 20.2. The number of ether oxygens (including phenoxy) is 1. The summed E-state index contributed by atoms with van der Waals surface area (Å²) in [5.74, 6) is -0.796. The zero-order valence-corrected chi connectivity index (χ0v) is 17.9. The lowest BCUT2D eigenvalue weighted by atomic mass is 10.0. The second-order valence-electron chi connectivity index (χ2n) is 7.59.